The Morgan fingerprint density at radius 3 is 2.44 bits per heavy atom. The van der Waals surface area contributed by atoms with Crippen LogP contribution in [0.5, 0.6) is 11.5 Å². The number of carbonyl (C=O) groups is 2. The molecule has 0 aliphatic heterocycles. The number of nitro benzene ring substituents is 1. The number of nitrogens with zero attached hydrogens (tertiary/aromatic N) is 2. The van der Waals surface area contributed by atoms with Gasteiger partial charge in [-0.15, -0.1) is 0 Å². The Labute approximate surface area is 202 Å². The van der Waals surface area contributed by atoms with E-state index >= 15 is 0 Å². The lowest BCUT2D eigenvalue weighted by molar-refractivity contribution is -0.384. The Hall–Kier alpha value is -4.25. The van der Waals surface area contributed by atoms with Crippen molar-refractivity contribution in [3.8, 4) is 11.5 Å². The molecule has 3 aromatic carbocycles. The molecule has 0 aliphatic carbocycles. The zero-order valence-corrected chi connectivity index (χ0v) is 19.4. The number of ether oxygens (including phenoxy) is 2. The van der Waals surface area contributed by atoms with Gasteiger partial charge in [-0.05, 0) is 54.6 Å². The van der Waals surface area contributed by atoms with Gasteiger partial charge in [0.2, 0.25) is 0 Å². The molecular weight excluding hydrogens is 508 g/mol. The molecule has 0 radical (unpaired) electrons. The van der Waals surface area contributed by atoms with Crippen LogP contribution in [0.4, 0.5) is 11.4 Å². The molecule has 2 amide bonds. The summed E-state index contributed by atoms with van der Waals surface area (Å²) < 4.78 is 11.4. The van der Waals surface area contributed by atoms with E-state index in [0.717, 1.165) is 4.47 Å². The van der Waals surface area contributed by atoms with Crippen LogP contribution in [-0.2, 0) is 4.79 Å². The second kappa shape index (κ2) is 11.6. The predicted octanol–water partition coefficient (Wildman–Crippen LogP) is 4.15. The Morgan fingerprint density at radius 1 is 1.09 bits per heavy atom. The van der Waals surface area contributed by atoms with E-state index in [4.69, 9.17) is 9.47 Å². The summed E-state index contributed by atoms with van der Waals surface area (Å²) >= 11 is 3.36. The van der Waals surface area contributed by atoms with Gasteiger partial charge in [0, 0.05) is 33.4 Å². The quantitative estimate of drug-likeness (QED) is 0.244. The molecule has 0 saturated heterocycles. The van der Waals surface area contributed by atoms with Crippen molar-refractivity contribution < 1.29 is 24.0 Å². The zero-order chi connectivity index (χ0) is 24.5. The Bertz CT molecular complexity index is 1210. The third-order valence-corrected chi connectivity index (χ3v) is 4.91. The molecule has 10 nitrogen and oxygen atoms in total. The van der Waals surface area contributed by atoms with Gasteiger partial charge >= 0.3 is 0 Å². The van der Waals surface area contributed by atoms with E-state index in [0.29, 0.717) is 22.7 Å². The zero-order valence-electron chi connectivity index (χ0n) is 17.9. The van der Waals surface area contributed by atoms with Crippen LogP contribution in [0.3, 0.4) is 0 Å². The first-order valence-electron chi connectivity index (χ1n) is 9.80. The molecule has 174 valence electrons. The average Bonchev–Trinajstić information content (AvgIpc) is 2.84. The molecule has 0 bridgehead atoms. The molecule has 0 heterocycles. The lowest BCUT2D eigenvalue weighted by Crippen LogP contribution is -2.20. The summed E-state index contributed by atoms with van der Waals surface area (Å²) in [5.41, 5.74) is 3.55. The number of halogens is 1. The summed E-state index contributed by atoms with van der Waals surface area (Å²) in [6.07, 6.45) is 1.37. The second-order valence-corrected chi connectivity index (χ2v) is 7.67. The molecule has 0 aromatic heterocycles. The maximum Gasteiger partial charge on any atom is 0.271 e. The third kappa shape index (κ3) is 6.87. The van der Waals surface area contributed by atoms with Crippen molar-refractivity contribution in [1.82, 2.24) is 5.43 Å². The lowest BCUT2D eigenvalue weighted by atomic mass is 10.2. The molecular formula is C23H19BrN4O6. The Morgan fingerprint density at radius 2 is 1.79 bits per heavy atom. The number of hydrogen-bond acceptors (Lipinski definition) is 7. The van der Waals surface area contributed by atoms with Crippen molar-refractivity contribution >= 4 is 45.3 Å². The summed E-state index contributed by atoms with van der Waals surface area (Å²) in [5.74, 6) is 0.153. The topological polar surface area (TPSA) is 132 Å². The van der Waals surface area contributed by atoms with Gasteiger partial charge < -0.3 is 14.8 Å². The standard InChI is InChI=1S/C23H19BrN4O6/c1-33-20-9-5-18(6-10-20)26-22(29)14-34-21-11-4-17(24)12-16(21)13-25-27-23(30)15-2-7-19(8-3-15)28(31)32/h2-13H,14H2,1H3,(H,26,29)(H,27,30)/b25-13+. The molecule has 0 spiro atoms. The van der Waals surface area contributed by atoms with Crippen molar-refractivity contribution in [3.63, 3.8) is 0 Å². The highest BCUT2D eigenvalue weighted by atomic mass is 79.9. The number of rotatable bonds is 9. The normalized spacial score (nSPS) is 10.5. The fourth-order valence-corrected chi connectivity index (χ4v) is 3.10. The molecule has 3 aromatic rings. The van der Waals surface area contributed by atoms with Crippen molar-refractivity contribution in [1.29, 1.82) is 0 Å². The summed E-state index contributed by atoms with van der Waals surface area (Å²) in [6.45, 7) is -0.246. The molecule has 0 unspecified atom stereocenters. The van der Waals surface area contributed by atoms with E-state index in [2.05, 4.69) is 31.8 Å². The SMILES string of the molecule is COc1ccc(NC(=O)COc2ccc(Br)cc2/C=N/NC(=O)c2ccc([N+](=O)[O-])cc2)cc1. The van der Waals surface area contributed by atoms with E-state index in [-0.39, 0.29) is 23.8 Å². The van der Waals surface area contributed by atoms with E-state index < -0.39 is 10.8 Å². The van der Waals surface area contributed by atoms with Gasteiger partial charge in [0.05, 0.1) is 18.2 Å². The number of benzene rings is 3. The minimum Gasteiger partial charge on any atom is -0.497 e. The number of hydrogen-bond donors (Lipinski definition) is 2. The number of amides is 2. The summed E-state index contributed by atoms with van der Waals surface area (Å²) in [6, 6.07) is 17.1. The van der Waals surface area contributed by atoms with E-state index in [1.807, 2.05) is 0 Å². The second-order valence-electron chi connectivity index (χ2n) is 6.75. The minimum atomic E-state index is -0.550. The Balaban J connectivity index is 1.60. The number of carbonyl (C=O) groups excluding carboxylic acids is 2. The molecule has 11 heteroatoms. The largest absolute Gasteiger partial charge is 0.497 e. The monoisotopic (exact) mass is 526 g/mol. The van der Waals surface area contributed by atoms with Gasteiger partial charge in [0.1, 0.15) is 11.5 Å². The predicted molar refractivity (Wildman–Crippen MR) is 129 cm³/mol. The first-order valence-corrected chi connectivity index (χ1v) is 10.6. The number of hydrazone groups is 1. The van der Waals surface area contributed by atoms with Crippen molar-refractivity contribution in [2.24, 2.45) is 5.10 Å². The molecule has 0 fully saturated rings. The lowest BCUT2D eigenvalue weighted by Gasteiger charge is -2.10. The van der Waals surface area contributed by atoms with Crippen LogP contribution in [-0.4, -0.2) is 36.7 Å². The number of non-ortho nitro benzene ring substituents is 1. The van der Waals surface area contributed by atoms with E-state index in [1.165, 1.54) is 30.5 Å². The summed E-state index contributed by atoms with van der Waals surface area (Å²) in [5, 5.41) is 17.4. The summed E-state index contributed by atoms with van der Waals surface area (Å²) in [7, 11) is 1.56. The molecule has 0 aliphatic rings. The first kappa shape index (κ1) is 24.4. The first-order chi connectivity index (χ1) is 16.4. The van der Waals surface area contributed by atoms with Crippen molar-refractivity contribution in [2.45, 2.75) is 0 Å². The van der Waals surface area contributed by atoms with Gasteiger partial charge in [-0.25, -0.2) is 5.43 Å². The van der Waals surface area contributed by atoms with Crippen LogP contribution in [0.15, 0.2) is 76.3 Å². The minimum absolute atomic E-state index is 0.119. The smallest absolute Gasteiger partial charge is 0.271 e. The fraction of sp³-hybridized carbons (Fsp3) is 0.0870. The highest BCUT2D eigenvalue weighted by Gasteiger charge is 2.10. The molecule has 0 saturated carbocycles. The molecule has 0 atom stereocenters. The van der Waals surface area contributed by atoms with Crippen LogP contribution in [0.1, 0.15) is 15.9 Å². The molecule has 34 heavy (non-hydrogen) atoms. The highest BCUT2D eigenvalue weighted by molar-refractivity contribution is 9.10. The van der Waals surface area contributed by atoms with Crippen LogP contribution < -0.4 is 20.2 Å². The number of nitro groups is 1. The fourth-order valence-electron chi connectivity index (χ4n) is 2.73. The maximum absolute atomic E-state index is 12.2. The van der Waals surface area contributed by atoms with Crippen LogP contribution in [0.2, 0.25) is 0 Å². The highest BCUT2D eigenvalue weighted by Crippen LogP contribution is 2.22. The van der Waals surface area contributed by atoms with Crippen LogP contribution >= 0.6 is 15.9 Å². The number of nitrogens with one attached hydrogen (secondary N) is 2. The van der Waals surface area contributed by atoms with Gasteiger partial charge in [0.15, 0.2) is 6.61 Å². The third-order valence-electron chi connectivity index (χ3n) is 4.41. The van der Waals surface area contributed by atoms with Gasteiger partial charge in [-0.2, -0.15) is 5.10 Å². The number of methoxy groups -OCH3 is 1. The van der Waals surface area contributed by atoms with Gasteiger partial charge in [-0.3, -0.25) is 19.7 Å². The average molecular weight is 527 g/mol. The van der Waals surface area contributed by atoms with Crippen molar-refractivity contribution in [2.75, 3.05) is 19.0 Å². The van der Waals surface area contributed by atoms with Crippen LogP contribution in [0, 0.1) is 10.1 Å². The molecule has 2 N–H and O–H groups in total. The van der Waals surface area contributed by atoms with Crippen LogP contribution in [0.25, 0.3) is 0 Å². The maximum atomic E-state index is 12.2. The number of anilines is 1. The van der Waals surface area contributed by atoms with Gasteiger partial charge in [0.25, 0.3) is 17.5 Å². The van der Waals surface area contributed by atoms with E-state index in [1.54, 1.807) is 49.6 Å². The van der Waals surface area contributed by atoms with E-state index in [9.17, 15) is 19.7 Å². The molecule has 3 rings (SSSR count). The summed E-state index contributed by atoms with van der Waals surface area (Å²) in [4.78, 5) is 34.6. The van der Waals surface area contributed by atoms with Crippen molar-refractivity contribution in [3.05, 3.63) is 92.4 Å². The van der Waals surface area contributed by atoms with Gasteiger partial charge in [-0.1, -0.05) is 15.9 Å². The Kier molecular flexibility index (Phi) is 8.30.